The topological polar surface area (TPSA) is 78.1 Å². The second kappa shape index (κ2) is 9.25. The van der Waals surface area contributed by atoms with E-state index >= 15 is 0 Å². The fourth-order valence-electron chi connectivity index (χ4n) is 3.22. The fourth-order valence-corrected chi connectivity index (χ4v) is 3.22. The van der Waals surface area contributed by atoms with Crippen LogP contribution in [0.15, 0.2) is 29.1 Å². The van der Waals surface area contributed by atoms with Gasteiger partial charge in [-0.2, -0.15) is 0 Å². The van der Waals surface area contributed by atoms with Crippen molar-refractivity contribution in [1.82, 2.24) is 20.2 Å². The molecule has 6 heteroatoms. The van der Waals surface area contributed by atoms with Crippen LogP contribution in [0.5, 0.6) is 0 Å². The van der Waals surface area contributed by atoms with E-state index in [0.717, 1.165) is 11.1 Å². The normalized spacial score (nSPS) is 11.6. The summed E-state index contributed by atoms with van der Waals surface area (Å²) < 4.78 is 0. The maximum Gasteiger partial charge on any atom is 0.318 e. The molecular weight excluding hydrogens is 364 g/mol. The highest BCUT2D eigenvalue weighted by Gasteiger charge is 2.22. The SMILES string of the molecule is Cc1cccc(Cc2c(C)nc(CN(CC(C)C)C(=O)NC(C)(C)C)[nH]c2=O)c1. The van der Waals surface area contributed by atoms with E-state index in [1.165, 1.54) is 0 Å². The molecule has 1 aromatic heterocycles. The standard InChI is InChI=1S/C23H34N4O2/c1-15(2)13-27(22(29)26-23(5,6)7)14-20-24-17(4)19(21(28)25-20)12-18-10-8-9-16(3)11-18/h8-11,15H,12-14H2,1-7H3,(H,26,29)(H,24,25,28). The number of amides is 2. The lowest BCUT2D eigenvalue weighted by atomic mass is 10.0. The van der Waals surface area contributed by atoms with E-state index in [4.69, 9.17) is 0 Å². The minimum absolute atomic E-state index is 0.144. The Bertz CT molecular complexity index is 910. The second-order valence-electron chi connectivity index (χ2n) is 9.20. The largest absolute Gasteiger partial charge is 0.333 e. The zero-order valence-corrected chi connectivity index (χ0v) is 18.7. The van der Waals surface area contributed by atoms with Crippen molar-refractivity contribution in [3.63, 3.8) is 0 Å². The van der Waals surface area contributed by atoms with Gasteiger partial charge >= 0.3 is 6.03 Å². The van der Waals surface area contributed by atoms with Crippen LogP contribution in [0.3, 0.4) is 0 Å². The number of hydrogen-bond acceptors (Lipinski definition) is 3. The molecular formula is C23H34N4O2. The molecule has 1 heterocycles. The first-order chi connectivity index (χ1) is 13.4. The predicted molar refractivity (Wildman–Crippen MR) is 117 cm³/mol. The maximum absolute atomic E-state index is 12.7. The molecule has 2 aromatic rings. The molecule has 1 aromatic carbocycles. The monoisotopic (exact) mass is 398 g/mol. The Morgan fingerprint density at radius 3 is 2.48 bits per heavy atom. The molecule has 0 saturated carbocycles. The van der Waals surface area contributed by atoms with Gasteiger partial charge in [0.1, 0.15) is 5.82 Å². The molecule has 2 rings (SSSR count). The van der Waals surface area contributed by atoms with Crippen molar-refractivity contribution in [2.24, 2.45) is 5.92 Å². The van der Waals surface area contributed by atoms with Gasteiger partial charge < -0.3 is 15.2 Å². The van der Waals surface area contributed by atoms with E-state index in [0.29, 0.717) is 36.0 Å². The molecule has 0 atom stereocenters. The first-order valence-electron chi connectivity index (χ1n) is 10.2. The number of carbonyl (C=O) groups is 1. The van der Waals surface area contributed by atoms with Crippen LogP contribution in [-0.4, -0.2) is 33.0 Å². The van der Waals surface area contributed by atoms with Crippen LogP contribution < -0.4 is 10.9 Å². The van der Waals surface area contributed by atoms with Crippen molar-refractivity contribution in [2.45, 2.75) is 67.0 Å². The summed E-state index contributed by atoms with van der Waals surface area (Å²) in [5.74, 6) is 0.805. The molecule has 0 aliphatic heterocycles. The fraction of sp³-hybridized carbons (Fsp3) is 0.522. The van der Waals surface area contributed by atoms with Crippen LogP contribution in [0.2, 0.25) is 0 Å². The van der Waals surface area contributed by atoms with Gasteiger partial charge in [-0.05, 0) is 46.1 Å². The van der Waals surface area contributed by atoms with Crippen LogP contribution in [0.4, 0.5) is 4.79 Å². The summed E-state index contributed by atoms with van der Waals surface area (Å²) in [4.78, 5) is 34.6. The van der Waals surface area contributed by atoms with Gasteiger partial charge in [0.05, 0.1) is 6.54 Å². The maximum atomic E-state index is 12.7. The Labute approximate surface area is 173 Å². The molecule has 6 nitrogen and oxygen atoms in total. The van der Waals surface area contributed by atoms with E-state index in [-0.39, 0.29) is 23.7 Å². The molecule has 2 N–H and O–H groups in total. The van der Waals surface area contributed by atoms with E-state index < -0.39 is 0 Å². The Hall–Kier alpha value is -2.63. The van der Waals surface area contributed by atoms with Gasteiger partial charge in [-0.25, -0.2) is 9.78 Å². The van der Waals surface area contributed by atoms with Crippen LogP contribution in [0, 0.1) is 19.8 Å². The van der Waals surface area contributed by atoms with Gasteiger partial charge in [0, 0.05) is 29.8 Å². The summed E-state index contributed by atoms with van der Waals surface area (Å²) in [6, 6.07) is 7.96. The molecule has 0 aliphatic rings. The highest BCUT2D eigenvalue weighted by Crippen LogP contribution is 2.12. The number of nitrogens with one attached hydrogen (secondary N) is 2. The lowest BCUT2D eigenvalue weighted by molar-refractivity contribution is 0.177. The van der Waals surface area contributed by atoms with Gasteiger partial charge in [0.2, 0.25) is 0 Å². The van der Waals surface area contributed by atoms with E-state index in [2.05, 4.69) is 35.2 Å². The lowest BCUT2D eigenvalue weighted by Crippen LogP contribution is -2.49. The molecule has 158 valence electrons. The number of aromatic amines is 1. The van der Waals surface area contributed by atoms with E-state index in [9.17, 15) is 9.59 Å². The summed E-state index contributed by atoms with van der Waals surface area (Å²) in [6.07, 6.45) is 0.538. The van der Waals surface area contributed by atoms with Crippen LogP contribution >= 0.6 is 0 Å². The second-order valence-corrected chi connectivity index (χ2v) is 9.20. The number of H-pyrrole nitrogens is 1. The van der Waals surface area contributed by atoms with Crippen molar-refractivity contribution in [2.75, 3.05) is 6.54 Å². The summed E-state index contributed by atoms with van der Waals surface area (Å²) in [6.45, 7) is 14.7. The predicted octanol–water partition coefficient (Wildman–Crippen LogP) is 3.94. The smallest absolute Gasteiger partial charge is 0.318 e. The minimum Gasteiger partial charge on any atom is -0.333 e. The number of rotatable bonds is 6. The van der Waals surface area contributed by atoms with Gasteiger partial charge in [0.15, 0.2) is 0 Å². The first kappa shape index (κ1) is 22.7. The zero-order chi connectivity index (χ0) is 21.8. The average molecular weight is 399 g/mol. The van der Waals surface area contributed by atoms with E-state index in [1.807, 2.05) is 52.8 Å². The number of benzene rings is 1. The molecule has 0 spiro atoms. The van der Waals surface area contributed by atoms with Gasteiger partial charge in [-0.15, -0.1) is 0 Å². The molecule has 0 saturated heterocycles. The van der Waals surface area contributed by atoms with Crippen LogP contribution in [0.25, 0.3) is 0 Å². The average Bonchev–Trinajstić information content (AvgIpc) is 2.56. The highest BCUT2D eigenvalue weighted by atomic mass is 16.2. The highest BCUT2D eigenvalue weighted by molar-refractivity contribution is 5.74. The molecule has 0 bridgehead atoms. The Morgan fingerprint density at radius 1 is 1.24 bits per heavy atom. The van der Waals surface area contributed by atoms with Crippen molar-refractivity contribution >= 4 is 6.03 Å². The van der Waals surface area contributed by atoms with Crippen LogP contribution in [-0.2, 0) is 13.0 Å². The number of aryl methyl sites for hydroxylation is 2. The third-order valence-electron chi connectivity index (χ3n) is 4.43. The molecule has 0 aliphatic carbocycles. The number of aromatic nitrogens is 2. The number of hydrogen-bond donors (Lipinski definition) is 2. The third-order valence-corrected chi connectivity index (χ3v) is 4.43. The summed E-state index contributed by atoms with van der Waals surface area (Å²) >= 11 is 0. The van der Waals surface area contributed by atoms with Crippen molar-refractivity contribution in [3.8, 4) is 0 Å². The lowest BCUT2D eigenvalue weighted by Gasteiger charge is -2.29. The Morgan fingerprint density at radius 2 is 1.93 bits per heavy atom. The van der Waals surface area contributed by atoms with Crippen molar-refractivity contribution in [3.05, 3.63) is 62.8 Å². The van der Waals surface area contributed by atoms with Crippen molar-refractivity contribution in [1.29, 1.82) is 0 Å². The van der Waals surface area contributed by atoms with Gasteiger partial charge in [0.25, 0.3) is 5.56 Å². The summed E-state index contributed by atoms with van der Waals surface area (Å²) in [5, 5.41) is 2.99. The summed E-state index contributed by atoms with van der Waals surface area (Å²) in [5.41, 5.74) is 3.13. The molecule has 0 radical (unpaired) electrons. The zero-order valence-electron chi connectivity index (χ0n) is 18.7. The molecule has 2 amide bonds. The molecule has 0 fully saturated rings. The van der Waals surface area contributed by atoms with Gasteiger partial charge in [-0.1, -0.05) is 43.7 Å². The van der Waals surface area contributed by atoms with Gasteiger partial charge in [-0.3, -0.25) is 4.79 Å². The minimum atomic E-state index is -0.333. The number of urea groups is 1. The quantitative estimate of drug-likeness (QED) is 0.773. The van der Waals surface area contributed by atoms with Crippen LogP contribution in [0.1, 0.15) is 62.8 Å². The molecule has 29 heavy (non-hydrogen) atoms. The molecule has 0 unspecified atom stereocenters. The summed E-state index contributed by atoms with van der Waals surface area (Å²) in [7, 11) is 0. The first-order valence-corrected chi connectivity index (χ1v) is 10.2. The van der Waals surface area contributed by atoms with Crippen molar-refractivity contribution < 1.29 is 4.79 Å². The Kier molecular flexibility index (Phi) is 7.22. The number of nitrogens with zero attached hydrogens (tertiary/aromatic N) is 2. The number of carbonyl (C=O) groups excluding carboxylic acids is 1. The third kappa shape index (κ3) is 7.04. The Balaban J connectivity index is 2.24. The van der Waals surface area contributed by atoms with E-state index in [1.54, 1.807) is 4.90 Å².